The van der Waals surface area contributed by atoms with Crippen LogP contribution in [0.25, 0.3) is 0 Å². The van der Waals surface area contributed by atoms with Crippen LogP contribution in [0.4, 0.5) is 5.69 Å². The first-order valence-electron chi connectivity index (χ1n) is 6.73. The Kier molecular flexibility index (Phi) is 5.18. The Morgan fingerprint density at radius 3 is 2.55 bits per heavy atom. The number of halogens is 1. The fourth-order valence-corrected chi connectivity index (χ4v) is 2.41. The molecule has 4 nitrogen and oxygen atoms in total. The molecule has 0 bridgehead atoms. The number of nitriles is 1. The maximum atomic E-state index is 12.2. The molecule has 0 aliphatic carbocycles. The van der Waals surface area contributed by atoms with Crippen molar-refractivity contribution in [3.63, 3.8) is 0 Å². The molecule has 0 fully saturated rings. The Morgan fingerprint density at radius 1 is 1.27 bits per heavy atom. The number of rotatable bonds is 4. The van der Waals surface area contributed by atoms with E-state index in [4.69, 9.17) is 10.00 Å². The first kappa shape index (κ1) is 16.1. The number of carbonyl (C=O) groups excluding carboxylic acids is 1. The second-order valence-electron chi connectivity index (χ2n) is 4.87. The molecule has 0 heterocycles. The average Bonchev–Trinajstić information content (AvgIpc) is 2.50. The second-order valence-corrected chi connectivity index (χ2v) is 5.72. The molecule has 1 N–H and O–H groups in total. The van der Waals surface area contributed by atoms with Gasteiger partial charge in [0.15, 0.2) is 6.10 Å². The molecule has 1 amide bonds. The van der Waals surface area contributed by atoms with Gasteiger partial charge in [-0.05, 0) is 71.7 Å². The van der Waals surface area contributed by atoms with Crippen LogP contribution >= 0.6 is 15.9 Å². The Labute approximate surface area is 137 Å². The second kappa shape index (κ2) is 7.10. The normalized spacial score (nSPS) is 11.4. The van der Waals surface area contributed by atoms with Crippen LogP contribution in [0, 0.1) is 18.3 Å². The first-order chi connectivity index (χ1) is 10.5. The largest absolute Gasteiger partial charge is 0.481 e. The monoisotopic (exact) mass is 358 g/mol. The van der Waals surface area contributed by atoms with E-state index in [-0.39, 0.29) is 5.91 Å². The van der Waals surface area contributed by atoms with Crippen molar-refractivity contribution in [2.24, 2.45) is 0 Å². The van der Waals surface area contributed by atoms with Crippen molar-refractivity contribution in [3.8, 4) is 11.8 Å². The summed E-state index contributed by atoms with van der Waals surface area (Å²) in [6.07, 6.45) is -0.652. The van der Waals surface area contributed by atoms with Crippen LogP contribution in [-0.2, 0) is 4.79 Å². The van der Waals surface area contributed by atoms with E-state index in [1.54, 1.807) is 31.2 Å². The number of ether oxygens (including phenoxy) is 1. The van der Waals surface area contributed by atoms with Gasteiger partial charge in [0.1, 0.15) is 5.75 Å². The molecule has 2 aromatic rings. The SMILES string of the molecule is Cc1ccc(NC(=O)[C@H](C)Oc2ccc(C#N)cc2)c(Br)c1. The molecule has 0 aliphatic heterocycles. The Balaban J connectivity index is 2.01. The highest BCUT2D eigenvalue weighted by Crippen LogP contribution is 2.23. The van der Waals surface area contributed by atoms with Crippen molar-refractivity contribution in [2.45, 2.75) is 20.0 Å². The Morgan fingerprint density at radius 2 is 1.95 bits per heavy atom. The minimum absolute atomic E-state index is 0.242. The summed E-state index contributed by atoms with van der Waals surface area (Å²) < 4.78 is 6.40. The third kappa shape index (κ3) is 4.09. The zero-order valence-corrected chi connectivity index (χ0v) is 13.8. The van der Waals surface area contributed by atoms with E-state index in [0.717, 1.165) is 10.0 Å². The molecule has 0 unspecified atom stereocenters. The quantitative estimate of drug-likeness (QED) is 0.896. The topological polar surface area (TPSA) is 62.1 Å². The maximum absolute atomic E-state index is 12.2. The summed E-state index contributed by atoms with van der Waals surface area (Å²) in [5, 5.41) is 11.6. The van der Waals surface area contributed by atoms with E-state index in [2.05, 4.69) is 21.2 Å². The van der Waals surface area contributed by atoms with E-state index in [1.807, 2.05) is 31.2 Å². The number of nitrogens with zero attached hydrogens (tertiary/aromatic N) is 1. The molecule has 0 aliphatic rings. The summed E-state index contributed by atoms with van der Waals surface area (Å²) in [7, 11) is 0. The number of carbonyl (C=O) groups is 1. The van der Waals surface area contributed by atoms with E-state index in [1.165, 1.54) is 0 Å². The fraction of sp³-hybridized carbons (Fsp3) is 0.176. The fourth-order valence-electron chi connectivity index (χ4n) is 1.82. The van der Waals surface area contributed by atoms with Gasteiger partial charge in [-0.3, -0.25) is 4.79 Å². The van der Waals surface area contributed by atoms with Crippen molar-refractivity contribution in [1.29, 1.82) is 5.26 Å². The van der Waals surface area contributed by atoms with Crippen molar-refractivity contribution < 1.29 is 9.53 Å². The molecular formula is C17H15BrN2O2. The molecule has 0 saturated heterocycles. The minimum Gasteiger partial charge on any atom is -0.481 e. The maximum Gasteiger partial charge on any atom is 0.265 e. The molecule has 112 valence electrons. The van der Waals surface area contributed by atoms with Crippen LogP contribution in [0.5, 0.6) is 5.75 Å². The zero-order valence-electron chi connectivity index (χ0n) is 12.3. The Bertz CT molecular complexity index is 720. The van der Waals surface area contributed by atoms with Crippen LogP contribution in [0.3, 0.4) is 0 Å². The molecule has 1 atom stereocenters. The van der Waals surface area contributed by atoms with Crippen LogP contribution in [0.1, 0.15) is 18.1 Å². The van der Waals surface area contributed by atoms with Crippen molar-refractivity contribution in [2.75, 3.05) is 5.32 Å². The highest BCUT2D eigenvalue weighted by molar-refractivity contribution is 9.10. The summed E-state index contributed by atoms with van der Waals surface area (Å²) in [6.45, 7) is 3.66. The van der Waals surface area contributed by atoms with Gasteiger partial charge in [-0.15, -0.1) is 0 Å². The van der Waals surface area contributed by atoms with Gasteiger partial charge in [-0.25, -0.2) is 0 Å². The number of aryl methyl sites for hydroxylation is 1. The third-order valence-electron chi connectivity index (χ3n) is 3.05. The van der Waals surface area contributed by atoms with E-state index < -0.39 is 6.10 Å². The van der Waals surface area contributed by atoms with Crippen molar-refractivity contribution >= 4 is 27.5 Å². The highest BCUT2D eigenvalue weighted by atomic mass is 79.9. The number of hydrogen-bond acceptors (Lipinski definition) is 3. The number of benzene rings is 2. The molecule has 0 spiro atoms. The first-order valence-corrected chi connectivity index (χ1v) is 7.52. The van der Waals surface area contributed by atoms with Crippen LogP contribution in [-0.4, -0.2) is 12.0 Å². The number of nitrogens with one attached hydrogen (secondary N) is 1. The standard InChI is InChI=1S/C17H15BrN2O2/c1-11-3-8-16(15(18)9-11)20-17(21)12(2)22-14-6-4-13(10-19)5-7-14/h3-9,12H,1-2H3,(H,20,21)/t12-/m0/s1. The summed E-state index contributed by atoms with van der Waals surface area (Å²) in [5.41, 5.74) is 2.35. The summed E-state index contributed by atoms with van der Waals surface area (Å²) in [5.74, 6) is 0.304. The van der Waals surface area contributed by atoms with E-state index in [9.17, 15) is 4.79 Å². The number of anilines is 1. The average molecular weight is 359 g/mol. The molecule has 0 aromatic heterocycles. The molecular weight excluding hydrogens is 344 g/mol. The predicted molar refractivity (Wildman–Crippen MR) is 88.8 cm³/mol. The third-order valence-corrected chi connectivity index (χ3v) is 3.70. The lowest BCUT2D eigenvalue weighted by atomic mass is 10.2. The van der Waals surface area contributed by atoms with Crippen LogP contribution < -0.4 is 10.1 Å². The Hall–Kier alpha value is -2.32. The van der Waals surface area contributed by atoms with Gasteiger partial charge in [0, 0.05) is 4.47 Å². The summed E-state index contributed by atoms with van der Waals surface area (Å²) in [4.78, 5) is 12.2. The number of amides is 1. The molecule has 2 aromatic carbocycles. The van der Waals surface area contributed by atoms with Gasteiger partial charge in [-0.1, -0.05) is 6.07 Å². The molecule has 22 heavy (non-hydrogen) atoms. The van der Waals surface area contributed by atoms with Crippen molar-refractivity contribution in [3.05, 3.63) is 58.1 Å². The zero-order chi connectivity index (χ0) is 16.1. The lowest BCUT2D eigenvalue weighted by Crippen LogP contribution is -2.30. The van der Waals surface area contributed by atoms with Crippen LogP contribution in [0.2, 0.25) is 0 Å². The van der Waals surface area contributed by atoms with Crippen LogP contribution in [0.15, 0.2) is 46.9 Å². The summed E-state index contributed by atoms with van der Waals surface area (Å²) >= 11 is 3.42. The lowest BCUT2D eigenvalue weighted by molar-refractivity contribution is -0.122. The minimum atomic E-state index is -0.652. The number of hydrogen-bond donors (Lipinski definition) is 1. The van der Waals surface area contributed by atoms with Gasteiger partial charge in [0.2, 0.25) is 0 Å². The summed E-state index contributed by atoms with van der Waals surface area (Å²) in [6, 6.07) is 14.4. The van der Waals surface area contributed by atoms with Gasteiger partial charge in [0.05, 0.1) is 17.3 Å². The van der Waals surface area contributed by atoms with E-state index in [0.29, 0.717) is 17.0 Å². The van der Waals surface area contributed by atoms with Gasteiger partial charge in [0.25, 0.3) is 5.91 Å². The van der Waals surface area contributed by atoms with Gasteiger partial charge in [-0.2, -0.15) is 5.26 Å². The molecule has 0 saturated carbocycles. The highest BCUT2D eigenvalue weighted by Gasteiger charge is 2.16. The van der Waals surface area contributed by atoms with E-state index >= 15 is 0 Å². The smallest absolute Gasteiger partial charge is 0.265 e. The molecule has 2 rings (SSSR count). The van der Waals surface area contributed by atoms with Crippen molar-refractivity contribution in [1.82, 2.24) is 0 Å². The lowest BCUT2D eigenvalue weighted by Gasteiger charge is -2.15. The molecule has 0 radical (unpaired) electrons. The van der Waals surface area contributed by atoms with Gasteiger partial charge >= 0.3 is 0 Å². The van der Waals surface area contributed by atoms with Gasteiger partial charge < -0.3 is 10.1 Å². The molecule has 5 heteroatoms. The predicted octanol–water partition coefficient (Wildman–Crippen LogP) is 4.04.